The van der Waals surface area contributed by atoms with Crippen LogP contribution in [-0.4, -0.2) is 43.5 Å². The van der Waals surface area contributed by atoms with E-state index in [0.29, 0.717) is 39.8 Å². The zero-order chi connectivity index (χ0) is 29.1. The smallest absolute Gasteiger partial charge is 0.324 e. The average molecular weight is 580 g/mol. The molecule has 1 aliphatic heterocycles. The van der Waals surface area contributed by atoms with Crippen LogP contribution in [0.4, 0.5) is 19.1 Å². The first-order valence-corrected chi connectivity index (χ1v) is 12.8. The van der Waals surface area contributed by atoms with Crippen LogP contribution in [0, 0.1) is 0 Å². The Hall–Kier alpha value is -4.64. The highest BCUT2D eigenvalue weighted by molar-refractivity contribution is 6.30. The van der Waals surface area contributed by atoms with Crippen LogP contribution < -0.4 is 5.32 Å². The number of ketones is 1. The van der Waals surface area contributed by atoms with Gasteiger partial charge in [0.1, 0.15) is 0 Å². The third-order valence-electron chi connectivity index (χ3n) is 6.57. The Bertz CT molecular complexity index is 1600. The molecule has 8 nitrogen and oxygen atoms in total. The molecule has 12 heteroatoms. The summed E-state index contributed by atoms with van der Waals surface area (Å²) in [6, 6.07) is 15.7. The van der Waals surface area contributed by atoms with Crippen LogP contribution in [0.1, 0.15) is 43.1 Å². The highest BCUT2D eigenvalue weighted by Gasteiger charge is 2.36. The number of fused-ring (bicyclic) bond motifs is 1. The van der Waals surface area contributed by atoms with E-state index in [1.165, 1.54) is 17.0 Å². The van der Waals surface area contributed by atoms with Gasteiger partial charge in [0.2, 0.25) is 5.95 Å². The lowest BCUT2D eigenvalue weighted by Crippen LogP contribution is -2.44. The van der Waals surface area contributed by atoms with E-state index in [0.717, 1.165) is 0 Å². The van der Waals surface area contributed by atoms with Crippen LogP contribution in [0.2, 0.25) is 5.02 Å². The van der Waals surface area contributed by atoms with Gasteiger partial charge in [-0.3, -0.25) is 24.7 Å². The number of benzene rings is 2. The van der Waals surface area contributed by atoms with Gasteiger partial charge in [-0.05, 0) is 53.6 Å². The largest absolute Gasteiger partial charge is 0.419 e. The molecule has 2 amide bonds. The van der Waals surface area contributed by atoms with Crippen LogP contribution in [0.25, 0.3) is 0 Å². The van der Waals surface area contributed by atoms with Crippen LogP contribution in [0.5, 0.6) is 0 Å². The van der Waals surface area contributed by atoms with E-state index in [4.69, 9.17) is 11.6 Å². The molecule has 41 heavy (non-hydrogen) atoms. The second-order valence-corrected chi connectivity index (χ2v) is 9.80. The van der Waals surface area contributed by atoms with Crippen molar-refractivity contribution in [2.75, 3.05) is 5.32 Å². The number of Topliss-reactive ketones (excluding diaryl/α,β-unsaturated/α-hetero) is 1. The number of pyridine rings is 1. The molecule has 0 saturated heterocycles. The second-order valence-electron chi connectivity index (χ2n) is 9.36. The highest BCUT2D eigenvalue weighted by Crippen LogP contribution is 2.29. The van der Waals surface area contributed by atoms with Crippen molar-refractivity contribution >= 4 is 35.1 Å². The quantitative estimate of drug-likeness (QED) is 0.338. The van der Waals surface area contributed by atoms with E-state index < -0.39 is 23.7 Å². The summed E-state index contributed by atoms with van der Waals surface area (Å²) in [4.78, 5) is 52.7. The summed E-state index contributed by atoms with van der Waals surface area (Å²) in [7, 11) is 0. The maximum atomic E-state index is 13.7. The van der Waals surface area contributed by atoms with Gasteiger partial charge in [0.15, 0.2) is 5.78 Å². The Morgan fingerprint density at radius 3 is 2.39 bits per heavy atom. The molecular weight excluding hydrogens is 559 g/mol. The number of anilines is 1. The minimum absolute atomic E-state index is 0.0424. The van der Waals surface area contributed by atoms with E-state index in [2.05, 4.69) is 20.3 Å². The van der Waals surface area contributed by atoms with Crippen LogP contribution in [-0.2, 0) is 30.4 Å². The third kappa shape index (κ3) is 6.41. The molecule has 0 saturated carbocycles. The topological polar surface area (TPSA) is 105 Å². The van der Waals surface area contributed by atoms with Crippen molar-refractivity contribution in [3.8, 4) is 0 Å². The second kappa shape index (κ2) is 11.5. The molecule has 4 aromatic rings. The molecule has 0 fully saturated rings. The normalized spacial score (nSPS) is 15.3. The van der Waals surface area contributed by atoms with Crippen molar-refractivity contribution in [1.29, 1.82) is 0 Å². The summed E-state index contributed by atoms with van der Waals surface area (Å²) in [6.07, 6.45) is -1.54. The standard InChI is InChI=1S/C29H21ClF3N5O3/c30-21-8-9-23-19(11-21)12-25(39)24(13-22-3-1-2-10-34-22)38(27(23)41)16-17-4-6-18(7-5-17)26(40)37-28-35-14-20(15-36-28)29(31,32)33/h1-11,14-15,24H,12-13,16H2,(H,35,36,37,40)/t24-/m1/s1. The molecule has 208 valence electrons. The number of aromatic nitrogens is 3. The summed E-state index contributed by atoms with van der Waals surface area (Å²) < 4.78 is 38.2. The predicted octanol–water partition coefficient (Wildman–Crippen LogP) is 5.18. The Morgan fingerprint density at radius 1 is 1.00 bits per heavy atom. The number of carbonyl (C=O) groups is 3. The molecule has 0 spiro atoms. The summed E-state index contributed by atoms with van der Waals surface area (Å²) in [5, 5.41) is 2.78. The van der Waals surface area contributed by atoms with Crippen molar-refractivity contribution in [3.05, 3.63) is 118 Å². The van der Waals surface area contributed by atoms with Gasteiger partial charge in [0.05, 0.1) is 11.6 Å². The molecule has 1 atom stereocenters. The van der Waals surface area contributed by atoms with Gasteiger partial charge in [-0.15, -0.1) is 0 Å². The van der Waals surface area contributed by atoms with E-state index in [-0.39, 0.29) is 42.6 Å². The van der Waals surface area contributed by atoms with Crippen LogP contribution in [0.15, 0.2) is 79.3 Å². The van der Waals surface area contributed by atoms with Gasteiger partial charge < -0.3 is 4.90 Å². The maximum Gasteiger partial charge on any atom is 0.419 e. The van der Waals surface area contributed by atoms with E-state index in [9.17, 15) is 27.6 Å². The Kier molecular flexibility index (Phi) is 7.80. The van der Waals surface area contributed by atoms with Gasteiger partial charge in [-0.2, -0.15) is 13.2 Å². The molecule has 2 aromatic heterocycles. The van der Waals surface area contributed by atoms with Gasteiger partial charge >= 0.3 is 6.18 Å². The fraction of sp³-hybridized carbons (Fsp3) is 0.172. The zero-order valence-corrected chi connectivity index (χ0v) is 22.0. The lowest BCUT2D eigenvalue weighted by Gasteiger charge is -2.29. The third-order valence-corrected chi connectivity index (χ3v) is 6.81. The van der Waals surface area contributed by atoms with E-state index in [1.54, 1.807) is 48.7 Å². The van der Waals surface area contributed by atoms with Crippen LogP contribution >= 0.6 is 11.6 Å². The van der Waals surface area contributed by atoms with Crippen LogP contribution in [0.3, 0.4) is 0 Å². The number of hydrogen-bond donors (Lipinski definition) is 1. The first kappa shape index (κ1) is 27.9. The fourth-order valence-corrected chi connectivity index (χ4v) is 4.68. The molecule has 5 rings (SSSR count). The highest BCUT2D eigenvalue weighted by atomic mass is 35.5. The predicted molar refractivity (Wildman–Crippen MR) is 143 cm³/mol. The fourth-order valence-electron chi connectivity index (χ4n) is 4.49. The van der Waals surface area contributed by atoms with Crippen molar-refractivity contribution < 1.29 is 27.6 Å². The minimum Gasteiger partial charge on any atom is -0.324 e. The number of carbonyl (C=O) groups excluding carboxylic acids is 3. The lowest BCUT2D eigenvalue weighted by molar-refractivity contribution is -0.138. The number of amides is 2. The summed E-state index contributed by atoms with van der Waals surface area (Å²) in [5.74, 6) is -1.39. The first-order valence-electron chi connectivity index (χ1n) is 12.4. The number of halogens is 4. The van der Waals surface area contributed by atoms with Crippen molar-refractivity contribution in [1.82, 2.24) is 19.9 Å². The first-order chi connectivity index (χ1) is 19.6. The van der Waals surface area contributed by atoms with Crippen molar-refractivity contribution in [3.63, 3.8) is 0 Å². The number of hydrogen-bond acceptors (Lipinski definition) is 6. The molecule has 3 heterocycles. The van der Waals surface area contributed by atoms with Gasteiger partial charge in [0.25, 0.3) is 11.8 Å². The monoisotopic (exact) mass is 579 g/mol. The van der Waals surface area contributed by atoms with Crippen molar-refractivity contribution in [2.24, 2.45) is 0 Å². The number of rotatable bonds is 6. The molecule has 0 unspecified atom stereocenters. The summed E-state index contributed by atoms with van der Waals surface area (Å²) in [5.41, 5.74) is 1.41. The number of nitrogens with one attached hydrogen (secondary N) is 1. The molecule has 1 N–H and O–H groups in total. The lowest BCUT2D eigenvalue weighted by atomic mass is 9.99. The Labute approximate surface area is 237 Å². The number of nitrogens with zero attached hydrogens (tertiary/aromatic N) is 4. The van der Waals surface area contributed by atoms with Crippen molar-refractivity contribution in [2.45, 2.75) is 31.6 Å². The number of alkyl halides is 3. The SMILES string of the molecule is O=C(Nc1ncc(C(F)(F)F)cn1)c1ccc(CN2C(=O)c3ccc(Cl)cc3CC(=O)[C@H]2Cc2ccccn2)cc1. The molecule has 2 aromatic carbocycles. The minimum atomic E-state index is -4.59. The maximum absolute atomic E-state index is 13.7. The summed E-state index contributed by atoms with van der Waals surface area (Å²) >= 11 is 6.14. The molecule has 0 bridgehead atoms. The average Bonchev–Trinajstić information content (AvgIpc) is 3.03. The molecule has 0 aliphatic carbocycles. The molecular formula is C29H21ClF3N5O3. The van der Waals surface area contributed by atoms with E-state index >= 15 is 0 Å². The Balaban J connectivity index is 1.37. The molecule has 1 aliphatic rings. The van der Waals surface area contributed by atoms with Gasteiger partial charge in [-0.25, -0.2) is 9.97 Å². The van der Waals surface area contributed by atoms with E-state index in [1.807, 2.05) is 6.07 Å². The Morgan fingerprint density at radius 2 is 1.73 bits per heavy atom. The van der Waals surface area contributed by atoms with Gasteiger partial charge in [0, 0.05) is 59.8 Å². The zero-order valence-electron chi connectivity index (χ0n) is 21.2. The van der Waals surface area contributed by atoms with Gasteiger partial charge in [-0.1, -0.05) is 29.8 Å². The molecule has 0 radical (unpaired) electrons. The summed E-state index contributed by atoms with van der Waals surface area (Å²) in [6.45, 7) is 0.0774.